The van der Waals surface area contributed by atoms with E-state index in [9.17, 15) is 22.0 Å². The molecule has 0 saturated heterocycles. The second kappa shape index (κ2) is 15.0. The first-order chi connectivity index (χ1) is 21.7. The van der Waals surface area contributed by atoms with Crippen LogP contribution in [0.15, 0.2) is 97.1 Å². The maximum absolute atomic E-state index is 14.4. The zero-order valence-electron chi connectivity index (χ0n) is 25.9. The number of hydrogen-bond acceptors (Lipinski definition) is 0. The summed E-state index contributed by atoms with van der Waals surface area (Å²) in [5, 5.41) is 2.49. The van der Waals surface area contributed by atoms with E-state index >= 15 is 0 Å². The van der Waals surface area contributed by atoms with Crippen LogP contribution in [0.3, 0.4) is 0 Å². The summed E-state index contributed by atoms with van der Waals surface area (Å²) in [6.45, 7) is 2.25. The van der Waals surface area contributed by atoms with Gasteiger partial charge in [0.15, 0.2) is 0 Å². The third-order valence-corrected chi connectivity index (χ3v) is 9.28. The molecule has 5 aromatic rings. The fourth-order valence-corrected chi connectivity index (χ4v) is 6.63. The highest BCUT2D eigenvalue weighted by molar-refractivity contribution is 5.88. The largest absolute Gasteiger partial charge is 0.422 e. The number of benzene rings is 5. The minimum absolute atomic E-state index is 0.111. The standard InChI is InChI=1S/C30H33F5.C10H8/c1-2-3-4-5-20-6-8-21(9-7-20)10-11-22-12-14-23(15-13-22)24-16-17-26-25(18-24)19-27(31)28(29(26)32)30(33,34)35;1-2-6-10-8-4-3-7-9(10)5-1/h12-21H,2-11H2,1H3;1-8H. The van der Waals surface area contributed by atoms with Gasteiger partial charge in [0.2, 0.25) is 0 Å². The average Bonchev–Trinajstić information content (AvgIpc) is 3.04. The monoisotopic (exact) mass is 616 g/mol. The summed E-state index contributed by atoms with van der Waals surface area (Å²) in [7, 11) is 0. The van der Waals surface area contributed by atoms with E-state index in [0.29, 0.717) is 5.56 Å². The Morgan fingerprint density at radius 1 is 0.622 bits per heavy atom. The predicted octanol–water partition coefficient (Wildman–Crippen LogP) is 13.0. The minimum Gasteiger partial charge on any atom is -0.206 e. The highest BCUT2D eigenvalue weighted by Gasteiger charge is 2.38. The van der Waals surface area contributed by atoms with E-state index in [2.05, 4.69) is 67.6 Å². The molecule has 0 N–H and O–H groups in total. The Morgan fingerprint density at radius 3 is 1.73 bits per heavy atom. The highest BCUT2D eigenvalue weighted by Crippen LogP contribution is 2.38. The van der Waals surface area contributed by atoms with Crippen molar-refractivity contribution in [1.82, 2.24) is 0 Å². The van der Waals surface area contributed by atoms with Crippen LogP contribution in [0.5, 0.6) is 0 Å². The van der Waals surface area contributed by atoms with Crippen LogP contribution >= 0.6 is 0 Å². The maximum atomic E-state index is 14.4. The van der Waals surface area contributed by atoms with Crippen molar-refractivity contribution in [2.45, 2.75) is 77.3 Å². The molecule has 0 amide bonds. The fraction of sp³-hybridized carbons (Fsp3) is 0.350. The SMILES string of the molecule is CCCCCC1CCC(CCc2ccc(-c3ccc4c(F)c(C(F)(F)F)c(F)cc4c3)cc2)CC1.c1ccc2ccccc2c1. The Labute approximate surface area is 263 Å². The van der Waals surface area contributed by atoms with E-state index in [1.54, 1.807) is 6.07 Å². The Bertz CT molecular complexity index is 1610. The van der Waals surface area contributed by atoms with Crippen molar-refractivity contribution in [2.75, 3.05) is 0 Å². The van der Waals surface area contributed by atoms with E-state index in [0.717, 1.165) is 29.9 Å². The first-order valence-corrected chi connectivity index (χ1v) is 16.2. The lowest BCUT2D eigenvalue weighted by atomic mass is 9.78. The third kappa shape index (κ3) is 8.51. The highest BCUT2D eigenvalue weighted by atomic mass is 19.4. The summed E-state index contributed by atoms with van der Waals surface area (Å²) in [5.74, 6) is -1.45. The van der Waals surface area contributed by atoms with Crippen LogP contribution in [0.4, 0.5) is 22.0 Å². The lowest BCUT2D eigenvalue weighted by Gasteiger charge is -2.28. The molecular weight excluding hydrogens is 575 g/mol. The van der Waals surface area contributed by atoms with Gasteiger partial charge in [-0.1, -0.05) is 143 Å². The van der Waals surface area contributed by atoms with Gasteiger partial charge in [0.05, 0.1) is 0 Å². The molecule has 0 bridgehead atoms. The summed E-state index contributed by atoms with van der Waals surface area (Å²) in [4.78, 5) is 0. The summed E-state index contributed by atoms with van der Waals surface area (Å²) in [5.41, 5.74) is 0.992. The molecule has 5 heteroatoms. The van der Waals surface area contributed by atoms with E-state index in [1.165, 1.54) is 86.3 Å². The number of unbranched alkanes of at least 4 members (excludes halogenated alkanes) is 2. The minimum atomic E-state index is -5.08. The summed E-state index contributed by atoms with van der Waals surface area (Å²) in [6, 6.07) is 30.0. The van der Waals surface area contributed by atoms with Crippen LogP contribution in [0.25, 0.3) is 32.7 Å². The molecule has 0 aromatic heterocycles. The normalized spacial score (nSPS) is 16.8. The van der Waals surface area contributed by atoms with Gasteiger partial charge in [-0.25, -0.2) is 8.78 Å². The van der Waals surface area contributed by atoms with Crippen molar-refractivity contribution in [3.63, 3.8) is 0 Å². The number of halogens is 5. The predicted molar refractivity (Wildman–Crippen MR) is 176 cm³/mol. The number of alkyl halides is 3. The molecule has 5 aromatic carbocycles. The molecule has 6 rings (SSSR count). The van der Waals surface area contributed by atoms with Gasteiger partial charge < -0.3 is 0 Å². The first-order valence-electron chi connectivity index (χ1n) is 16.2. The van der Waals surface area contributed by atoms with E-state index in [1.807, 2.05) is 12.1 Å². The average molecular weight is 617 g/mol. The number of fused-ring (bicyclic) bond motifs is 2. The van der Waals surface area contributed by atoms with Crippen LogP contribution in [-0.4, -0.2) is 0 Å². The molecule has 0 unspecified atom stereocenters. The molecule has 45 heavy (non-hydrogen) atoms. The van der Waals surface area contributed by atoms with E-state index < -0.39 is 23.4 Å². The van der Waals surface area contributed by atoms with Crippen molar-refractivity contribution in [3.05, 3.63) is 120 Å². The van der Waals surface area contributed by atoms with Crippen molar-refractivity contribution < 1.29 is 22.0 Å². The van der Waals surface area contributed by atoms with Gasteiger partial charge in [0, 0.05) is 5.39 Å². The van der Waals surface area contributed by atoms with Crippen LogP contribution in [0, 0.1) is 23.5 Å². The molecule has 1 aliphatic carbocycles. The van der Waals surface area contributed by atoms with Gasteiger partial charge in [-0.05, 0) is 69.7 Å². The number of rotatable bonds is 8. The summed E-state index contributed by atoms with van der Waals surface area (Å²) >= 11 is 0. The van der Waals surface area contributed by atoms with Gasteiger partial charge in [0.1, 0.15) is 17.2 Å². The van der Waals surface area contributed by atoms with Gasteiger partial charge in [-0.3, -0.25) is 0 Å². The van der Waals surface area contributed by atoms with Crippen molar-refractivity contribution in [1.29, 1.82) is 0 Å². The molecule has 0 aliphatic heterocycles. The van der Waals surface area contributed by atoms with Crippen LogP contribution in [0.2, 0.25) is 0 Å². The molecule has 0 heterocycles. The topological polar surface area (TPSA) is 0 Å². The molecule has 0 spiro atoms. The molecule has 0 nitrogen and oxygen atoms in total. The smallest absolute Gasteiger partial charge is 0.206 e. The van der Waals surface area contributed by atoms with Gasteiger partial charge in [0.25, 0.3) is 0 Å². The number of aryl methyl sites for hydroxylation is 1. The fourth-order valence-electron chi connectivity index (χ4n) is 6.63. The van der Waals surface area contributed by atoms with Crippen LogP contribution < -0.4 is 0 Å². The molecule has 1 fully saturated rings. The molecule has 236 valence electrons. The molecule has 0 radical (unpaired) electrons. The summed E-state index contributed by atoms with van der Waals surface area (Å²) in [6.07, 6.45) is 7.91. The van der Waals surface area contributed by atoms with Crippen LogP contribution in [0.1, 0.15) is 75.8 Å². The first kappa shape index (κ1) is 32.7. The Kier molecular flexibility index (Phi) is 10.9. The second-order valence-electron chi connectivity index (χ2n) is 12.4. The second-order valence-corrected chi connectivity index (χ2v) is 12.4. The maximum Gasteiger partial charge on any atom is 0.422 e. The zero-order chi connectivity index (χ0) is 31.8. The Hall–Kier alpha value is -3.73. The lowest BCUT2D eigenvalue weighted by molar-refractivity contribution is -0.142. The Balaban J connectivity index is 0.000000336. The summed E-state index contributed by atoms with van der Waals surface area (Å²) < 4.78 is 67.4. The van der Waals surface area contributed by atoms with E-state index in [-0.39, 0.29) is 10.8 Å². The quantitative estimate of drug-likeness (QED) is 0.120. The van der Waals surface area contributed by atoms with Crippen molar-refractivity contribution in [3.8, 4) is 11.1 Å². The zero-order valence-corrected chi connectivity index (χ0v) is 25.9. The van der Waals surface area contributed by atoms with Gasteiger partial charge in [-0.15, -0.1) is 0 Å². The van der Waals surface area contributed by atoms with Crippen molar-refractivity contribution in [2.24, 2.45) is 11.8 Å². The third-order valence-electron chi connectivity index (χ3n) is 9.28. The van der Waals surface area contributed by atoms with Gasteiger partial charge >= 0.3 is 6.18 Å². The lowest BCUT2D eigenvalue weighted by Crippen LogP contribution is -2.15. The van der Waals surface area contributed by atoms with Crippen LogP contribution in [-0.2, 0) is 12.6 Å². The van der Waals surface area contributed by atoms with Gasteiger partial charge in [-0.2, -0.15) is 13.2 Å². The molecule has 1 saturated carbocycles. The molecule has 0 atom stereocenters. The molecular formula is C40H41F5. The van der Waals surface area contributed by atoms with E-state index in [4.69, 9.17) is 0 Å². The van der Waals surface area contributed by atoms with Crippen molar-refractivity contribution >= 4 is 21.5 Å². The Morgan fingerprint density at radius 2 is 1.18 bits per heavy atom. The number of hydrogen-bond donors (Lipinski definition) is 0. The molecule has 1 aliphatic rings.